The lowest BCUT2D eigenvalue weighted by Gasteiger charge is -2.18. The summed E-state index contributed by atoms with van der Waals surface area (Å²) < 4.78 is 0. The van der Waals surface area contributed by atoms with E-state index in [2.05, 4.69) is 32.4 Å². The molecule has 0 bridgehead atoms. The molecule has 0 atom stereocenters. The predicted octanol–water partition coefficient (Wildman–Crippen LogP) is 2.61. The molecule has 0 saturated heterocycles. The van der Waals surface area contributed by atoms with Crippen molar-refractivity contribution in [3.63, 3.8) is 0 Å². The Hall–Kier alpha value is -2.18. The van der Waals surface area contributed by atoms with Crippen molar-refractivity contribution in [2.24, 2.45) is 5.84 Å². The smallest absolute Gasteiger partial charge is 0.152 e. The fourth-order valence-electron chi connectivity index (χ4n) is 2.07. The third kappa shape index (κ3) is 2.43. The SMILES string of the molecule is CN(Cc1nc(NN)c2ccsc2n1)c1ccccc1. The van der Waals surface area contributed by atoms with Crippen LogP contribution in [0.1, 0.15) is 5.82 Å². The van der Waals surface area contributed by atoms with Crippen LogP contribution < -0.4 is 16.2 Å². The maximum absolute atomic E-state index is 5.54. The van der Waals surface area contributed by atoms with Crippen molar-refractivity contribution in [3.05, 3.63) is 47.6 Å². The van der Waals surface area contributed by atoms with Crippen molar-refractivity contribution >= 4 is 33.1 Å². The van der Waals surface area contributed by atoms with Crippen LogP contribution in [0.2, 0.25) is 0 Å². The van der Waals surface area contributed by atoms with E-state index in [1.807, 2.05) is 36.7 Å². The molecule has 5 nitrogen and oxygen atoms in total. The van der Waals surface area contributed by atoms with Gasteiger partial charge in [0.2, 0.25) is 0 Å². The number of fused-ring (bicyclic) bond motifs is 1. The first-order chi connectivity index (χ1) is 9.78. The van der Waals surface area contributed by atoms with Gasteiger partial charge in [-0.1, -0.05) is 18.2 Å². The molecule has 0 aliphatic rings. The molecule has 6 heteroatoms. The average molecular weight is 285 g/mol. The van der Waals surface area contributed by atoms with Crippen molar-refractivity contribution in [1.82, 2.24) is 9.97 Å². The van der Waals surface area contributed by atoms with Crippen LogP contribution in [0.25, 0.3) is 10.2 Å². The first-order valence-electron chi connectivity index (χ1n) is 6.25. The van der Waals surface area contributed by atoms with E-state index >= 15 is 0 Å². The zero-order valence-electron chi connectivity index (χ0n) is 11.1. The number of hydrogen-bond donors (Lipinski definition) is 2. The van der Waals surface area contributed by atoms with Crippen LogP contribution in [0, 0.1) is 0 Å². The molecule has 3 rings (SSSR count). The number of anilines is 2. The fraction of sp³-hybridized carbons (Fsp3) is 0.143. The van der Waals surface area contributed by atoms with Crippen molar-refractivity contribution in [2.75, 3.05) is 17.4 Å². The number of hydrazine groups is 1. The number of nitrogens with zero attached hydrogens (tertiary/aromatic N) is 3. The zero-order valence-corrected chi connectivity index (χ0v) is 11.9. The van der Waals surface area contributed by atoms with Crippen LogP contribution >= 0.6 is 11.3 Å². The Bertz CT molecular complexity index is 710. The van der Waals surface area contributed by atoms with E-state index in [0.717, 1.165) is 21.7 Å². The molecule has 1 aromatic carbocycles. The standard InChI is InChI=1S/C14H15N5S/c1-19(10-5-3-2-4-6-10)9-12-16-13(18-15)11-7-8-20-14(11)17-12/h2-8H,9,15H2,1H3,(H,16,17,18). The number of aromatic nitrogens is 2. The molecule has 0 fully saturated rings. The summed E-state index contributed by atoms with van der Waals surface area (Å²) in [4.78, 5) is 12.1. The number of nitrogens with two attached hydrogens (primary N) is 1. The highest BCUT2D eigenvalue weighted by Crippen LogP contribution is 2.25. The summed E-state index contributed by atoms with van der Waals surface area (Å²) in [6.07, 6.45) is 0. The molecule has 3 aromatic rings. The van der Waals surface area contributed by atoms with Gasteiger partial charge in [0.1, 0.15) is 4.83 Å². The maximum Gasteiger partial charge on any atom is 0.152 e. The van der Waals surface area contributed by atoms with Crippen LogP contribution in [0.15, 0.2) is 41.8 Å². The molecule has 2 aromatic heterocycles. The highest BCUT2D eigenvalue weighted by atomic mass is 32.1. The van der Waals surface area contributed by atoms with Gasteiger partial charge in [0.25, 0.3) is 0 Å². The van der Waals surface area contributed by atoms with Gasteiger partial charge in [-0.2, -0.15) is 0 Å². The third-order valence-electron chi connectivity index (χ3n) is 3.08. The summed E-state index contributed by atoms with van der Waals surface area (Å²) in [5.74, 6) is 6.96. The summed E-state index contributed by atoms with van der Waals surface area (Å²) in [7, 11) is 2.02. The summed E-state index contributed by atoms with van der Waals surface area (Å²) in [6.45, 7) is 0.631. The van der Waals surface area contributed by atoms with Gasteiger partial charge in [-0.25, -0.2) is 15.8 Å². The van der Waals surface area contributed by atoms with E-state index in [1.54, 1.807) is 11.3 Å². The molecule has 2 heterocycles. The second-order valence-corrected chi connectivity index (χ2v) is 5.36. The van der Waals surface area contributed by atoms with Gasteiger partial charge in [0.15, 0.2) is 11.6 Å². The Balaban J connectivity index is 1.91. The normalized spacial score (nSPS) is 10.7. The van der Waals surface area contributed by atoms with Crippen molar-refractivity contribution in [3.8, 4) is 0 Å². The maximum atomic E-state index is 5.54. The van der Waals surface area contributed by atoms with E-state index in [4.69, 9.17) is 5.84 Å². The van der Waals surface area contributed by atoms with E-state index < -0.39 is 0 Å². The molecule has 0 spiro atoms. The summed E-state index contributed by atoms with van der Waals surface area (Å²) in [6, 6.07) is 12.1. The topological polar surface area (TPSA) is 67.1 Å². The minimum absolute atomic E-state index is 0.631. The Morgan fingerprint density at radius 2 is 2.00 bits per heavy atom. The van der Waals surface area contributed by atoms with Gasteiger partial charge in [-0.3, -0.25) is 0 Å². The minimum Gasteiger partial charge on any atom is -0.367 e. The lowest BCUT2D eigenvalue weighted by Crippen LogP contribution is -2.19. The van der Waals surface area contributed by atoms with Gasteiger partial charge in [0.05, 0.1) is 11.9 Å². The van der Waals surface area contributed by atoms with Crippen LogP contribution in [-0.2, 0) is 6.54 Å². The van der Waals surface area contributed by atoms with E-state index in [1.165, 1.54) is 0 Å². The van der Waals surface area contributed by atoms with Crippen molar-refractivity contribution in [2.45, 2.75) is 6.54 Å². The summed E-state index contributed by atoms with van der Waals surface area (Å²) in [5.41, 5.74) is 3.78. The monoisotopic (exact) mass is 285 g/mol. The number of nitrogens with one attached hydrogen (secondary N) is 1. The fourth-order valence-corrected chi connectivity index (χ4v) is 2.85. The predicted molar refractivity (Wildman–Crippen MR) is 83.8 cm³/mol. The Morgan fingerprint density at radius 1 is 1.20 bits per heavy atom. The summed E-state index contributed by atoms with van der Waals surface area (Å²) in [5, 5.41) is 2.95. The largest absolute Gasteiger partial charge is 0.367 e. The zero-order chi connectivity index (χ0) is 13.9. The molecule has 0 aliphatic heterocycles. The number of nitrogen functional groups attached to an aromatic ring is 1. The molecule has 0 saturated carbocycles. The van der Waals surface area contributed by atoms with Crippen LogP contribution in [0.5, 0.6) is 0 Å². The van der Waals surface area contributed by atoms with Gasteiger partial charge >= 0.3 is 0 Å². The number of para-hydroxylation sites is 1. The number of benzene rings is 1. The van der Waals surface area contributed by atoms with Gasteiger partial charge in [-0.15, -0.1) is 11.3 Å². The molecule has 3 N–H and O–H groups in total. The molecule has 0 radical (unpaired) electrons. The van der Waals surface area contributed by atoms with Crippen LogP contribution in [0.4, 0.5) is 11.5 Å². The van der Waals surface area contributed by atoms with Crippen molar-refractivity contribution < 1.29 is 0 Å². The lowest BCUT2D eigenvalue weighted by molar-refractivity contribution is 0.849. The lowest BCUT2D eigenvalue weighted by atomic mass is 10.3. The van der Waals surface area contributed by atoms with Gasteiger partial charge in [-0.05, 0) is 23.6 Å². The third-order valence-corrected chi connectivity index (χ3v) is 3.89. The van der Waals surface area contributed by atoms with Gasteiger partial charge in [0, 0.05) is 12.7 Å². The number of hydrogen-bond acceptors (Lipinski definition) is 6. The number of thiophene rings is 1. The quantitative estimate of drug-likeness (QED) is 0.570. The van der Waals surface area contributed by atoms with E-state index in [-0.39, 0.29) is 0 Å². The molecule has 0 aliphatic carbocycles. The second kappa shape index (κ2) is 5.44. The molecule has 0 amide bonds. The molecule has 0 unspecified atom stereocenters. The molecule has 20 heavy (non-hydrogen) atoms. The Morgan fingerprint density at radius 3 is 2.75 bits per heavy atom. The molecular weight excluding hydrogens is 270 g/mol. The van der Waals surface area contributed by atoms with Gasteiger partial charge < -0.3 is 10.3 Å². The first kappa shape index (κ1) is 12.8. The second-order valence-electron chi connectivity index (χ2n) is 4.46. The Labute approximate surface area is 121 Å². The average Bonchev–Trinajstić information content (AvgIpc) is 2.95. The highest BCUT2D eigenvalue weighted by molar-refractivity contribution is 7.16. The van der Waals surface area contributed by atoms with Crippen molar-refractivity contribution in [1.29, 1.82) is 0 Å². The van der Waals surface area contributed by atoms with Crippen LogP contribution in [0.3, 0.4) is 0 Å². The minimum atomic E-state index is 0.631. The highest BCUT2D eigenvalue weighted by Gasteiger charge is 2.10. The number of rotatable bonds is 4. The van der Waals surface area contributed by atoms with E-state index in [0.29, 0.717) is 12.4 Å². The molecule has 102 valence electrons. The Kier molecular flexibility index (Phi) is 3.49. The summed E-state index contributed by atoms with van der Waals surface area (Å²) >= 11 is 1.59. The molecular formula is C14H15N5S. The van der Waals surface area contributed by atoms with Crippen LogP contribution in [-0.4, -0.2) is 17.0 Å². The van der Waals surface area contributed by atoms with E-state index in [9.17, 15) is 0 Å². The first-order valence-corrected chi connectivity index (χ1v) is 7.13.